The molecule has 0 aliphatic carbocycles. The molecule has 0 fully saturated rings. The Kier molecular flexibility index (Phi) is 5.96. The van der Waals surface area contributed by atoms with E-state index in [1.54, 1.807) is 23.7 Å². The first-order valence-electron chi connectivity index (χ1n) is 8.40. The van der Waals surface area contributed by atoms with Crippen molar-refractivity contribution < 1.29 is 23.7 Å². The lowest BCUT2D eigenvalue weighted by Crippen LogP contribution is -2.87. The van der Waals surface area contributed by atoms with Crippen molar-refractivity contribution in [2.45, 2.75) is 6.04 Å². The highest BCUT2D eigenvalue weighted by molar-refractivity contribution is 6.01. The third-order valence-corrected chi connectivity index (χ3v) is 3.92. The molecule has 2 aromatic carbocycles. The summed E-state index contributed by atoms with van der Waals surface area (Å²) in [7, 11) is 0. The number of furan rings is 1. The number of urea groups is 1. The summed E-state index contributed by atoms with van der Waals surface area (Å²) in [6.07, 6.45) is 1.57. The number of para-hydroxylation sites is 1. The van der Waals surface area contributed by atoms with E-state index in [2.05, 4.69) is 10.6 Å². The molecule has 3 amide bonds. The smallest absolute Gasteiger partial charge is 0.326 e. The highest BCUT2D eigenvalue weighted by atomic mass is 19.1. The van der Waals surface area contributed by atoms with E-state index in [1.807, 2.05) is 36.4 Å². The highest BCUT2D eigenvalue weighted by Gasteiger charge is 2.22. The average molecular weight is 368 g/mol. The van der Waals surface area contributed by atoms with Crippen molar-refractivity contribution in [2.75, 3.05) is 11.9 Å². The first kappa shape index (κ1) is 18.3. The van der Waals surface area contributed by atoms with E-state index in [1.165, 1.54) is 18.2 Å². The van der Waals surface area contributed by atoms with Crippen molar-refractivity contribution in [1.29, 1.82) is 0 Å². The number of nitrogens with one attached hydrogen (secondary N) is 2. The van der Waals surface area contributed by atoms with Crippen molar-refractivity contribution >= 4 is 17.6 Å². The highest BCUT2D eigenvalue weighted by Crippen LogP contribution is 2.18. The predicted octanol–water partition coefficient (Wildman–Crippen LogP) is 2.42. The molecular formula is C20H19FN3O3+. The molecular weight excluding hydrogens is 349 g/mol. The van der Waals surface area contributed by atoms with Crippen LogP contribution in [0.25, 0.3) is 0 Å². The number of nitrogens with two attached hydrogens (primary N) is 1. The molecule has 138 valence electrons. The summed E-state index contributed by atoms with van der Waals surface area (Å²) < 4.78 is 19.0. The zero-order valence-corrected chi connectivity index (χ0v) is 14.4. The number of hydrogen-bond acceptors (Lipinski definition) is 3. The maximum Gasteiger partial charge on any atom is 0.326 e. The maximum atomic E-state index is 13.5. The Hall–Kier alpha value is -3.45. The first-order chi connectivity index (χ1) is 13.1. The van der Waals surface area contributed by atoms with Gasteiger partial charge in [-0.05, 0) is 24.3 Å². The van der Waals surface area contributed by atoms with Crippen LogP contribution in [0.5, 0.6) is 0 Å². The molecule has 7 heteroatoms. The van der Waals surface area contributed by atoms with Crippen molar-refractivity contribution in [1.82, 2.24) is 5.32 Å². The van der Waals surface area contributed by atoms with Gasteiger partial charge < -0.3 is 15.1 Å². The van der Waals surface area contributed by atoms with E-state index < -0.39 is 17.8 Å². The molecule has 1 aromatic heterocycles. The molecule has 3 aromatic rings. The number of benzene rings is 2. The molecule has 0 saturated heterocycles. The predicted molar refractivity (Wildman–Crippen MR) is 97.3 cm³/mol. The lowest BCUT2D eigenvalue weighted by molar-refractivity contribution is -0.678. The zero-order chi connectivity index (χ0) is 19.1. The van der Waals surface area contributed by atoms with Crippen LogP contribution in [0, 0.1) is 5.82 Å². The van der Waals surface area contributed by atoms with Gasteiger partial charge in [-0.15, -0.1) is 0 Å². The second-order valence-electron chi connectivity index (χ2n) is 5.83. The Morgan fingerprint density at radius 3 is 2.44 bits per heavy atom. The minimum atomic E-state index is -0.784. The van der Waals surface area contributed by atoms with Gasteiger partial charge in [-0.2, -0.15) is 0 Å². The van der Waals surface area contributed by atoms with Crippen molar-refractivity contribution in [3.63, 3.8) is 0 Å². The number of quaternary nitrogens is 1. The number of imide groups is 1. The summed E-state index contributed by atoms with van der Waals surface area (Å²) in [4.78, 5) is 24.0. The maximum absolute atomic E-state index is 13.5. The van der Waals surface area contributed by atoms with Crippen molar-refractivity contribution in [3.05, 3.63) is 90.1 Å². The molecule has 1 atom stereocenters. The fourth-order valence-corrected chi connectivity index (χ4v) is 2.66. The Morgan fingerprint density at radius 1 is 1.00 bits per heavy atom. The minimum Gasteiger partial charge on any atom is -0.463 e. The number of anilines is 1. The van der Waals surface area contributed by atoms with Gasteiger partial charge >= 0.3 is 6.03 Å². The van der Waals surface area contributed by atoms with E-state index in [0.29, 0.717) is 5.76 Å². The molecule has 0 unspecified atom stereocenters. The molecule has 1 heterocycles. The van der Waals surface area contributed by atoms with Gasteiger partial charge in [0.05, 0.1) is 12.0 Å². The van der Waals surface area contributed by atoms with Crippen LogP contribution >= 0.6 is 0 Å². The van der Waals surface area contributed by atoms with Crippen LogP contribution in [0.15, 0.2) is 77.4 Å². The lowest BCUT2D eigenvalue weighted by Gasteiger charge is -2.14. The summed E-state index contributed by atoms with van der Waals surface area (Å²) in [5, 5.41) is 6.26. The molecule has 4 N–H and O–H groups in total. The standard InChI is InChI=1S/C20H18FN3O3/c21-15-9-4-5-10-16(15)23-20(26)24-18(25)13-22-19(17-11-6-12-27-17)14-7-2-1-3-8-14/h1-12,19,22H,13H2,(H2,23,24,25,26)/p+1/t19-/m0/s1. The largest absolute Gasteiger partial charge is 0.463 e. The topological polar surface area (TPSA) is 88.0 Å². The second-order valence-corrected chi connectivity index (χ2v) is 5.83. The molecule has 3 rings (SSSR count). The van der Waals surface area contributed by atoms with Gasteiger partial charge in [0, 0.05) is 5.56 Å². The van der Waals surface area contributed by atoms with Crippen LogP contribution in [0.1, 0.15) is 17.4 Å². The Morgan fingerprint density at radius 2 is 1.74 bits per heavy atom. The van der Waals surface area contributed by atoms with E-state index in [0.717, 1.165) is 5.56 Å². The van der Waals surface area contributed by atoms with E-state index in [-0.39, 0.29) is 18.3 Å². The second kappa shape index (κ2) is 8.77. The normalized spacial score (nSPS) is 11.6. The SMILES string of the molecule is O=C(C[NH2+][C@@H](c1ccccc1)c1ccco1)NC(=O)Nc1ccccc1F. The molecule has 0 radical (unpaired) electrons. The van der Waals surface area contributed by atoms with Gasteiger partial charge in [-0.25, -0.2) is 9.18 Å². The Bertz CT molecular complexity index is 898. The van der Waals surface area contributed by atoms with Gasteiger partial charge in [0.15, 0.2) is 18.3 Å². The van der Waals surface area contributed by atoms with Crippen LogP contribution in [0.2, 0.25) is 0 Å². The monoisotopic (exact) mass is 368 g/mol. The van der Waals surface area contributed by atoms with Gasteiger partial charge in [0.25, 0.3) is 5.91 Å². The van der Waals surface area contributed by atoms with E-state index in [9.17, 15) is 14.0 Å². The first-order valence-corrected chi connectivity index (χ1v) is 8.40. The minimum absolute atomic E-state index is 0.00419. The van der Waals surface area contributed by atoms with Crippen LogP contribution in [-0.4, -0.2) is 18.5 Å². The Balaban J connectivity index is 1.58. The number of carbonyl (C=O) groups excluding carboxylic acids is 2. The van der Waals surface area contributed by atoms with Gasteiger partial charge in [0.1, 0.15) is 5.82 Å². The molecule has 27 heavy (non-hydrogen) atoms. The summed E-state index contributed by atoms with van der Waals surface area (Å²) in [6.45, 7) is -0.00898. The molecule has 0 saturated carbocycles. The van der Waals surface area contributed by atoms with Crippen LogP contribution < -0.4 is 16.0 Å². The third-order valence-electron chi connectivity index (χ3n) is 3.92. The average Bonchev–Trinajstić information content (AvgIpc) is 3.19. The van der Waals surface area contributed by atoms with Gasteiger partial charge in [0.2, 0.25) is 0 Å². The van der Waals surface area contributed by atoms with E-state index in [4.69, 9.17) is 4.42 Å². The summed E-state index contributed by atoms with van der Waals surface area (Å²) in [6, 6.07) is 17.9. The number of carbonyl (C=O) groups is 2. The summed E-state index contributed by atoms with van der Waals surface area (Å²) >= 11 is 0. The third kappa shape index (κ3) is 5.02. The Labute approximate surface area is 155 Å². The van der Waals surface area contributed by atoms with Crippen LogP contribution in [0.3, 0.4) is 0 Å². The van der Waals surface area contributed by atoms with Crippen LogP contribution in [-0.2, 0) is 4.79 Å². The van der Waals surface area contributed by atoms with E-state index >= 15 is 0 Å². The number of amides is 3. The van der Waals surface area contributed by atoms with Crippen molar-refractivity contribution in [2.24, 2.45) is 0 Å². The molecule has 0 aliphatic rings. The van der Waals surface area contributed by atoms with Gasteiger partial charge in [-0.1, -0.05) is 42.5 Å². The molecule has 0 aliphatic heterocycles. The number of hydrogen-bond donors (Lipinski definition) is 3. The molecule has 0 spiro atoms. The quantitative estimate of drug-likeness (QED) is 0.624. The number of halogens is 1. The summed E-state index contributed by atoms with van der Waals surface area (Å²) in [5.41, 5.74) is 0.973. The fraction of sp³-hybridized carbons (Fsp3) is 0.100. The zero-order valence-electron chi connectivity index (χ0n) is 14.4. The van der Waals surface area contributed by atoms with Gasteiger partial charge in [-0.3, -0.25) is 10.1 Å². The summed E-state index contributed by atoms with van der Waals surface area (Å²) in [5.74, 6) is -0.380. The lowest BCUT2D eigenvalue weighted by atomic mass is 10.0. The van der Waals surface area contributed by atoms with Crippen molar-refractivity contribution in [3.8, 4) is 0 Å². The van der Waals surface area contributed by atoms with Crippen LogP contribution in [0.4, 0.5) is 14.9 Å². The molecule has 0 bridgehead atoms. The molecule has 6 nitrogen and oxygen atoms in total. The fourth-order valence-electron chi connectivity index (χ4n) is 2.66. The number of rotatable bonds is 6.